The van der Waals surface area contributed by atoms with Gasteiger partial charge in [-0.2, -0.15) is 0 Å². The number of anilines is 1. The molecule has 4 rings (SSSR count). The van der Waals surface area contributed by atoms with E-state index in [1.165, 1.54) is 0 Å². The molecule has 0 aliphatic carbocycles. The Bertz CT molecular complexity index is 790. The van der Waals surface area contributed by atoms with Crippen LogP contribution in [-0.2, 0) is 6.54 Å². The van der Waals surface area contributed by atoms with Crippen molar-refractivity contribution in [3.05, 3.63) is 53.5 Å². The lowest BCUT2D eigenvalue weighted by molar-refractivity contribution is 0.174. The number of nitrogens with zero attached hydrogens (tertiary/aromatic N) is 2. The normalized spacial score (nSPS) is 12.4. The predicted molar refractivity (Wildman–Crippen MR) is 85.2 cm³/mol. The van der Waals surface area contributed by atoms with Crippen molar-refractivity contribution in [3.63, 3.8) is 0 Å². The summed E-state index contributed by atoms with van der Waals surface area (Å²) in [6.45, 7) is 0.919. The van der Waals surface area contributed by atoms with Crippen LogP contribution in [0.5, 0.6) is 11.5 Å². The van der Waals surface area contributed by atoms with Crippen molar-refractivity contribution in [2.24, 2.45) is 0 Å². The summed E-state index contributed by atoms with van der Waals surface area (Å²) in [5, 5.41) is 5.28. The van der Waals surface area contributed by atoms with Crippen molar-refractivity contribution in [3.8, 4) is 22.1 Å². The summed E-state index contributed by atoms with van der Waals surface area (Å²) in [4.78, 5) is 9.93. The van der Waals surface area contributed by atoms with Gasteiger partial charge in [-0.1, -0.05) is 12.1 Å². The Hall–Kier alpha value is -2.60. The lowest BCUT2D eigenvalue weighted by Gasteiger charge is -2.06. The molecule has 0 fully saturated rings. The fourth-order valence-electron chi connectivity index (χ4n) is 2.24. The molecule has 22 heavy (non-hydrogen) atoms. The minimum atomic E-state index is 0.290. The Morgan fingerprint density at radius 3 is 3.00 bits per heavy atom. The molecule has 3 heterocycles. The van der Waals surface area contributed by atoms with Gasteiger partial charge in [0.15, 0.2) is 11.5 Å². The molecule has 0 atom stereocenters. The number of aromatic nitrogens is 2. The molecule has 0 spiro atoms. The van der Waals surface area contributed by atoms with Crippen LogP contribution in [0.4, 0.5) is 5.95 Å². The van der Waals surface area contributed by atoms with E-state index in [4.69, 9.17) is 9.47 Å². The zero-order valence-electron chi connectivity index (χ0n) is 11.7. The monoisotopic (exact) mass is 311 g/mol. The number of rotatable bonds is 4. The van der Waals surface area contributed by atoms with Gasteiger partial charge < -0.3 is 14.8 Å². The van der Waals surface area contributed by atoms with Gasteiger partial charge in [-0.3, -0.25) is 0 Å². The Labute approximate surface area is 131 Å². The van der Waals surface area contributed by atoms with Gasteiger partial charge in [0.1, 0.15) is 0 Å². The van der Waals surface area contributed by atoms with Crippen molar-refractivity contribution in [2.45, 2.75) is 6.54 Å². The summed E-state index contributed by atoms with van der Waals surface area (Å²) < 4.78 is 10.7. The van der Waals surface area contributed by atoms with E-state index in [-0.39, 0.29) is 6.79 Å². The van der Waals surface area contributed by atoms with E-state index in [0.29, 0.717) is 12.5 Å². The van der Waals surface area contributed by atoms with Crippen LogP contribution < -0.4 is 14.8 Å². The molecular weight excluding hydrogens is 298 g/mol. The van der Waals surface area contributed by atoms with E-state index in [1.807, 2.05) is 35.7 Å². The van der Waals surface area contributed by atoms with Crippen molar-refractivity contribution < 1.29 is 9.47 Å². The first-order valence-electron chi connectivity index (χ1n) is 6.88. The van der Waals surface area contributed by atoms with Crippen molar-refractivity contribution in [2.75, 3.05) is 12.1 Å². The van der Waals surface area contributed by atoms with E-state index in [2.05, 4.69) is 21.4 Å². The Balaban J connectivity index is 1.49. The number of hydrogen-bond acceptors (Lipinski definition) is 6. The molecule has 0 amide bonds. The molecule has 110 valence electrons. The van der Waals surface area contributed by atoms with Gasteiger partial charge in [-0.15, -0.1) is 11.3 Å². The van der Waals surface area contributed by atoms with Crippen LogP contribution in [0.15, 0.2) is 48.0 Å². The minimum Gasteiger partial charge on any atom is -0.454 e. The highest BCUT2D eigenvalue weighted by atomic mass is 32.1. The average molecular weight is 311 g/mol. The highest BCUT2D eigenvalue weighted by molar-refractivity contribution is 7.13. The average Bonchev–Trinajstić information content (AvgIpc) is 3.24. The maximum Gasteiger partial charge on any atom is 0.231 e. The van der Waals surface area contributed by atoms with Crippen LogP contribution in [0.3, 0.4) is 0 Å². The number of nitrogens with one attached hydrogen (secondary N) is 1. The molecule has 0 radical (unpaired) electrons. The second-order valence-electron chi connectivity index (χ2n) is 4.78. The van der Waals surface area contributed by atoms with Crippen molar-refractivity contribution >= 4 is 17.3 Å². The van der Waals surface area contributed by atoms with Gasteiger partial charge in [-0.05, 0) is 35.2 Å². The standard InChI is InChI=1S/C16H13N3O2S/c1-2-15(22-7-1)12-5-6-17-16(19-12)18-9-11-3-4-13-14(8-11)21-10-20-13/h1-8H,9-10H2,(H,17,18,19). The number of ether oxygens (including phenoxy) is 2. The van der Waals surface area contributed by atoms with Gasteiger partial charge >= 0.3 is 0 Å². The van der Waals surface area contributed by atoms with E-state index in [1.54, 1.807) is 17.5 Å². The first-order chi connectivity index (χ1) is 10.9. The second-order valence-corrected chi connectivity index (χ2v) is 5.73. The molecule has 0 saturated carbocycles. The first-order valence-corrected chi connectivity index (χ1v) is 7.76. The largest absolute Gasteiger partial charge is 0.454 e. The SMILES string of the molecule is c1csc(-c2ccnc(NCc3ccc4c(c3)OCO4)n2)c1. The van der Waals surface area contributed by atoms with E-state index in [9.17, 15) is 0 Å². The van der Waals surface area contributed by atoms with Crippen molar-refractivity contribution in [1.82, 2.24) is 9.97 Å². The summed E-state index contributed by atoms with van der Waals surface area (Å²) in [7, 11) is 0. The van der Waals surface area contributed by atoms with Gasteiger partial charge in [0, 0.05) is 12.7 Å². The highest BCUT2D eigenvalue weighted by Crippen LogP contribution is 2.32. The number of benzene rings is 1. The first kappa shape index (κ1) is 13.1. The van der Waals surface area contributed by atoms with Gasteiger partial charge in [-0.25, -0.2) is 9.97 Å². The summed E-state index contributed by atoms with van der Waals surface area (Å²) in [6, 6.07) is 11.9. The van der Waals surface area contributed by atoms with Crippen LogP contribution in [-0.4, -0.2) is 16.8 Å². The van der Waals surface area contributed by atoms with Crippen LogP contribution in [0, 0.1) is 0 Å². The molecule has 1 aliphatic heterocycles. The third kappa shape index (κ3) is 2.60. The Kier molecular flexibility index (Phi) is 3.36. The summed E-state index contributed by atoms with van der Waals surface area (Å²) in [6.07, 6.45) is 1.77. The molecule has 5 nitrogen and oxygen atoms in total. The molecule has 1 aliphatic rings. The predicted octanol–water partition coefficient (Wildman–Crippen LogP) is 3.55. The maximum atomic E-state index is 5.38. The summed E-state index contributed by atoms with van der Waals surface area (Å²) >= 11 is 1.66. The number of fused-ring (bicyclic) bond motifs is 1. The molecule has 1 N–H and O–H groups in total. The number of hydrogen-bond donors (Lipinski definition) is 1. The lowest BCUT2D eigenvalue weighted by atomic mass is 10.2. The quantitative estimate of drug-likeness (QED) is 0.798. The van der Waals surface area contributed by atoms with Gasteiger partial charge in [0.25, 0.3) is 0 Å². The van der Waals surface area contributed by atoms with Gasteiger partial charge in [0.2, 0.25) is 12.7 Å². The smallest absolute Gasteiger partial charge is 0.231 e. The molecule has 3 aromatic rings. The fraction of sp³-hybridized carbons (Fsp3) is 0.125. The fourth-order valence-corrected chi connectivity index (χ4v) is 2.93. The van der Waals surface area contributed by atoms with Crippen LogP contribution in [0.2, 0.25) is 0 Å². The topological polar surface area (TPSA) is 56.3 Å². The Morgan fingerprint density at radius 2 is 2.09 bits per heavy atom. The maximum absolute atomic E-state index is 5.38. The van der Waals surface area contributed by atoms with Crippen LogP contribution in [0.25, 0.3) is 10.6 Å². The van der Waals surface area contributed by atoms with Crippen molar-refractivity contribution in [1.29, 1.82) is 0 Å². The van der Waals surface area contributed by atoms with Crippen LogP contribution >= 0.6 is 11.3 Å². The summed E-state index contributed by atoms with van der Waals surface area (Å²) in [5.74, 6) is 2.19. The molecule has 0 saturated heterocycles. The highest BCUT2D eigenvalue weighted by Gasteiger charge is 2.13. The third-order valence-electron chi connectivity index (χ3n) is 3.32. The van der Waals surface area contributed by atoms with E-state index >= 15 is 0 Å². The Morgan fingerprint density at radius 1 is 1.14 bits per heavy atom. The minimum absolute atomic E-state index is 0.290. The number of thiophene rings is 1. The van der Waals surface area contributed by atoms with E-state index in [0.717, 1.165) is 27.6 Å². The lowest BCUT2D eigenvalue weighted by Crippen LogP contribution is -2.03. The zero-order valence-corrected chi connectivity index (χ0v) is 12.5. The molecule has 0 bridgehead atoms. The third-order valence-corrected chi connectivity index (χ3v) is 4.21. The zero-order chi connectivity index (χ0) is 14.8. The molecule has 2 aromatic heterocycles. The molecule has 6 heteroatoms. The molecule has 1 aromatic carbocycles. The van der Waals surface area contributed by atoms with E-state index < -0.39 is 0 Å². The van der Waals surface area contributed by atoms with Gasteiger partial charge in [0.05, 0.1) is 10.6 Å². The molecular formula is C16H13N3O2S. The molecule has 0 unspecified atom stereocenters. The van der Waals surface area contributed by atoms with Crippen LogP contribution in [0.1, 0.15) is 5.56 Å². The summed E-state index contributed by atoms with van der Waals surface area (Å²) in [5.41, 5.74) is 2.02. The second kappa shape index (κ2) is 5.65.